The molecule has 7 nitrogen and oxygen atoms in total. The summed E-state index contributed by atoms with van der Waals surface area (Å²) < 4.78 is 6.38. The Hall–Kier alpha value is -2.02. The third kappa shape index (κ3) is 1.96. The number of aromatic nitrogens is 2. The first-order chi connectivity index (χ1) is 8.02. The number of aromatic amines is 1. The first kappa shape index (κ1) is 11.5. The lowest BCUT2D eigenvalue weighted by molar-refractivity contribution is 0.0590. The van der Waals surface area contributed by atoms with E-state index in [4.69, 9.17) is 9.84 Å². The molecule has 2 rings (SSSR count). The van der Waals surface area contributed by atoms with Crippen LogP contribution in [0.2, 0.25) is 0 Å². The zero-order valence-corrected chi connectivity index (χ0v) is 9.14. The molecular formula is C10H12N2O5. The summed E-state index contributed by atoms with van der Waals surface area (Å²) in [5.74, 6) is -0.0426. The summed E-state index contributed by atoms with van der Waals surface area (Å²) in [6, 6.07) is 0. The molecule has 1 aliphatic heterocycles. The molecule has 0 spiro atoms. The molecule has 2 heterocycles. The Labute approximate surface area is 95.6 Å². The summed E-state index contributed by atoms with van der Waals surface area (Å²) in [7, 11) is 0. The van der Waals surface area contributed by atoms with Crippen LogP contribution in [0.1, 0.15) is 18.2 Å². The number of aliphatic hydroxyl groups excluding tert-OH is 2. The van der Waals surface area contributed by atoms with Crippen molar-refractivity contribution in [2.75, 3.05) is 6.61 Å². The summed E-state index contributed by atoms with van der Waals surface area (Å²) in [5.41, 5.74) is -0.702. The molecule has 0 radical (unpaired) electrons. The second kappa shape index (κ2) is 4.10. The summed E-state index contributed by atoms with van der Waals surface area (Å²) in [6.07, 6.45) is 0.709. The number of H-pyrrole nitrogens is 1. The Bertz CT molecular complexity index is 583. The van der Waals surface area contributed by atoms with Crippen molar-refractivity contribution in [3.8, 4) is 0 Å². The second-order valence-electron chi connectivity index (χ2n) is 3.78. The number of rotatable bonds is 2. The molecule has 0 aliphatic carbocycles. The number of hydrogen-bond acceptors (Lipinski definition) is 5. The highest BCUT2D eigenvalue weighted by Gasteiger charge is 2.27. The van der Waals surface area contributed by atoms with Crippen molar-refractivity contribution in [1.29, 1.82) is 0 Å². The highest BCUT2D eigenvalue weighted by molar-refractivity contribution is 5.09. The molecule has 0 fully saturated rings. The summed E-state index contributed by atoms with van der Waals surface area (Å²) in [6.45, 7) is 1.13. The fourth-order valence-electron chi connectivity index (χ4n) is 1.64. The van der Waals surface area contributed by atoms with Crippen LogP contribution in [-0.4, -0.2) is 26.4 Å². The van der Waals surface area contributed by atoms with E-state index in [1.165, 1.54) is 10.8 Å². The molecule has 1 aromatic heterocycles. The van der Waals surface area contributed by atoms with E-state index in [0.717, 1.165) is 0 Å². The van der Waals surface area contributed by atoms with Crippen LogP contribution in [0, 0.1) is 6.92 Å². The van der Waals surface area contributed by atoms with Gasteiger partial charge in [-0.3, -0.25) is 14.3 Å². The standard InChI is InChI=1S/C10H12N2O5/c1-5-3-12(10(16)11-9(5)15)8-2-6(14)7(4-13)17-8/h3,8,13-14H,2,4H2,1H3,(H,11,15,16). The van der Waals surface area contributed by atoms with Gasteiger partial charge in [0.2, 0.25) is 0 Å². The van der Waals surface area contributed by atoms with E-state index in [1.807, 2.05) is 0 Å². The van der Waals surface area contributed by atoms with E-state index < -0.39 is 24.1 Å². The van der Waals surface area contributed by atoms with Gasteiger partial charge in [-0.15, -0.1) is 0 Å². The van der Waals surface area contributed by atoms with Gasteiger partial charge in [0.15, 0.2) is 12.0 Å². The fraction of sp³-hybridized carbons (Fsp3) is 0.400. The van der Waals surface area contributed by atoms with Gasteiger partial charge in [-0.25, -0.2) is 4.79 Å². The normalized spacial score (nSPS) is 19.5. The van der Waals surface area contributed by atoms with Crippen LogP contribution in [0.5, 0.6) is 0 Å². The van der Waals surface area contributed by atoms with E-state index in [2.05, 4.69) is 4.98 Å². The lowest BCUT2D eigenvalue weighted by Crippen LogP contribution is -2.33. The van der Waals surface area contributed by atoms with Crippen molar-refractivity contribution in [2.24, 2.45) is 0 Å². The quantitative estimate of drug-likeness (QED) is 0.648. The molecular weight excluding hydrogens is 228 g/mol. The van der Waals surface area contributed by atoms with E-state index in [9.17, 15) is 14.7 Å². The van der Waals surface area contributed by atoms with Gasteiger partial charge < -0.3 is 14.9 Å². The van der Waals surface area contributed by atoms with Crippen molar-refractivity contribution in [3.63, 3.8) is 0 Å². The molecule has 1 unspecified atom stereocenters. The number of hydrogen-bond donors (Lipinski definition) is 3. The Morgan fingerprint density at radius 1 is 1.59 bits per heavy atom. The van der Waals surface area contributed by atoms with Crippen molar-refractivity contribution >= 4 is 0 Å². The van der Waals surface area contributed by atoms with Crippen molar-refractivity contribution in [3.05, 3.63) is 44.1 Å². The average Bonchev–Trinajstić information content (AvgIpc) is 2.65. The molecule has 0 aromatic carbocycles. The van der Waals surface area contributed by atoms with Crippen LogP contribution in [-0.2, 0) is 4.74 Å². The molecule has 1 aromatic rings. The summed E-state index contributed by atoms with van der Waals surface area (Å²) in [4.78, 5) is 24.9. The third-order valence-electron chi connectivity index (χ3n) is 2.57. The van der Waals surface area contributed by atoms with E-state index in [1.54, 1.807) is 6.92 Å². The predicted octanol–water partition coefficient (Wildman–Crippen LogP) is -0.474. The molecule has 0 saturated carbocycles. The highest BCUT2D eigenvalue weighted by atomic mass is 16.5. The van der Waals surface area contributed by atoms with Crippen molar-refractivity contribution in [1.82, 2.24) is 9.55 Å². The van der Waals surface area contributed by atoms with E-state index >= 15 is 0 Å². The monoisotopic (exact) mass is 240 g/mol. The maximum absolute atomic E-state index is 11.5. The molecule has 0 bridgehead atoms. The van der Waals surface area contributed by atoms with Gasteiger partial charge in [-0.05, 0) is 6.92 Å². The topological polar surface area (TPSA) is 105 Å². The number of aryl methyl sites for hydroxylation is 1. The number of nitrogens with one attached hydrogen (secondary N) is 1. The van der Waals surface area contributed by atoms with Gasteiger partial charge in [0.25, 0.3) is 5.56 Å². The second-order valence-corrected chi connectivity index (χ2v) is 3.78. The molecule has 0 amide bonds. The van der Waals surface area contributed by atoms with Gasteiger partial charge in [0.1, 0.15) is 12.4 Å². The molecule has 0 saturated heterocycles. The highest BCUT2D eigenvalue weighted by Crippen LogP contribution is 2.29. The lowest BCUT2D eigenvalue weighted by Gasteiger charge is -2.14. The lowest BCUT2D eigenvalue weighted by atomic mass is 10.3. The molecule has 1 aliphatic rings. The Morgan fingerprint density at radius 3 is 2.88 bits per heavy atom. The van der Waals surface area contributed by atoms with Gasteiger partial charge in [0, 0.05) is 11.8 Å². The Kier molecular flexibility index (Phi) is 2.76. The van der Waals surface area contributed by atoms with Crippen molar-refractivity contribution in [2.45, 2.75) is 19.6 Å². The molecule has 1 atom stereocenters. The number of ether oxygens (including phenoxy) is 1. The zero-order chi connectivity index (χ0) is 12.6. The smallest absolute Gasteiger partial charge is 0.331 e. The maximum atomic E-state index is 11.5. The largest absolute Gasteiger partial charge is 0.508 e. The molecule has 17 heavy (non-hydrogen) atoms. The Balaban J connectivity index is 2.36. The van der Waals surface area contributed by atoms with Crippen LogP contribution in [0.4, 0.5) is 0 Å². The molecule has 92 valence electrons. The first-order valence-electron chi connectivity index (χ1n) is 5.03. The molecule has 3 N–H and O–H groups in total. The summed E-state index contributed by atoms with van der Waals surface area (Å²) >= 11 is 0. The van der Waals surface area contributed by atoms with E-state index in [0.29, 0.717) is 5.56 Å². The van der Waals surface area contributed by atoms with Crippen LogP contribution in [0.15, 0.2) is 27.3 Å². The van der Waals surface area contributed by atoms with Crippen LogP contribution in [0.3, 0.4) is 0 Å². The average molecular weight is 240 g/mol. The zero-order valence-electron chi connectivity index (χ0n) is 9.14. The van der Waals surface area contributed by atoms with Crippen molar-refractivity contribution < 1.29 is 14.9 Å². The van der Waals surface area contributed by atoms with Crippen LogP contribution < -0.4 is 11.2 Å². The third-order valence-corrected chi connectivity index (χ3v) is 2.57. The minimum Gasteiger partial charge on any atom is -0.508 e. The van der Waals surface area contributed by atoms with Gasteiger partial charge in [0.05, 0.1) is 6.42 Å². The SMILES string of the molecule is Cc1cn(C2CC(O)=C(CO)O2)c(=O)[nH]c1=O. The van der Waals surface area contributed by atoms with Gasteiger partial charge in [-0.2, -0.15) is 0 Å². The fourth-order valence-corrected chi connectivity index (χ4v) is 1.64. The van der Waals surface area contributed by atoms with Crippen LogP contribution >= 0.6 is 0 Å². The van der Waals surface area contributed by atoms with Gasteiger partial charge in [-0.1, -0.05) is 0 Å². The first-order valence-corrected chi connectivity index (χ1v) is 5.03. The van der Waals surface area contributed by atoms with Gasteiger partial charge >= 0.3 is 5.69 Å². The van der Waals surface area contributed by atoms with E-state index in [-0.39, 0.29) is 17.9 Å². The number of aliphatic hydroxyl groups is 2. The number of nitrogens with zero attached hydrogens (tertiary/aromatic N) is 1. The Morgan fingerprint density at radius 2 is 2.29 bits per heavy atom. The minimum atomic E-state index is -0.736. The summed E-state index contributed by atoms with van der Waals surface area (Å²) in [5, 5.41) is 18.3. The predicted molar refractivity (Wildman–Crippen MR) is 57.5 cm³/mol. The minimum absolute atomic E-state index is 0.0470. The van der Waals surface area contributed by atoms with Crippen LogP contribution in [0.25, 0.3) is 0 Å². The maximum Gasteiger partial charge on any atom is 0.331 e. The molecule has 7 heteroatoms.